The Kier molecular flexibility index (Phi) is 6.36. The largest absolute Gasteiger partial charge is 0.391 e. The molecule has 2 N–H and O–H groups in total. The zero-order valence-corrected chi connectivity index (χ0v) is 12.0. The highest BCUT2D eigenvalue weighted by atomic mass is 16.3. The molecule has 4 heteroatoms. The number of anilines is 1. The molecule has 0 aromatic heterocycles. The van der Waals surface area contributed by atoms with Crippen LogP contribution >= 0.6 is 0 Å². The highest BCUT2D eigenvalue weighted by Crippen LogP contribution is 2.13. The first-order chi connectivity index (χ1) is 9.08. The van der Waals surface area contributed by atoms with Gasteiger partial charge in [-0.1, -0.05) is 13.3 Å². The molecule has 1 aromatic carbocycles. The van der Waals surface area contributed by atoms with Gasteiger partial charge < -0.3 is 15.3 Å². The van der Waals surface area contributed by atoms with E-state index in [4.69, 9.17) is 0 Å². The molecule has 19 heavy (non-hydrogen) atoms. The van der Waals surface area contributed by atoms with Gasteiger partial charge in [0.05, 0.1) is 6.10 Å². The monoisotopic (exact) mass is 264 g/mol. The quantitative estimate of drug-likeness (QED) is 0.792. The van der Waals surface area contributed by atoms with Crippen LogP contribution in [0.15, 0.2) is 24.3 Å². The van der Waals surface area contributed by atoms with Crippen LogP contribution in [-0.4, -0.2) is 37.3 Å². The predicted octanol–water partition coefficient (Wildman–Crippen LogP) is 2.03. The van der Waals surface area contributed by atoms with E-state index in [2.05, 4.69) is 17.1 Å². The van der Waals surface area contributed by atoms with E-state index in [0.29, 0.717) is 18.5 Å². The SMILES string of the molecule is CCCC(O)CNC(=O)c1ccc(N(C)CC)cc1. The van der Waals surface area contributed by atoms with Crippen molar-refractivity contribution in [3.05, 3.63) is 29.8 Å². The molecular formula is C15H24N2O2. The molecule has 4 nitrogen and oxygen atoms in total. The average Bonchev–Trinajstić information content (AvgIpc) is 2.44. The number of carbonyl (C=O) groups is 1. The number of nitrogens with zero attached hydrogens (tertiary/aromatic N) is 1. The van der Waals surface area contributed by atoms with Crippen molar-refractivity contribution in [2.75, 3.05) is 25.0 Å². The van der Waals surface area contributed by atoms with Crippen molar-refractivity contribution in [1.82, 2.24) is 5.32 Å². The van der Waals surface area contributed by atoms with Crippen LogP contribution in [0.1, 0.15) is 37.0 Å². The number of benzene rings is 1. The molecule has 1 amide bonds. The van der Waals surface area contributed by atoms with E-state index >= 15 is 0 Å². The van der Waals surface area contributed by atoms with Gasteiger partial charge in [-0.25, -0.2) is 0 Å². The Balaban J connectivity index is 2.53. The van der Waals surface area contributed by atoms with E-state index in [9.17, 15) is 9.90 Å². The van der Waals surface area contributed by atoms with Crippen molar-refractivity contribution in [2.24, 2.45) is 0 Å². The predicted molar refractivity (Wildman–Crippen MR) is 78.6 cm³/mol. The van der Waals surface area contributed by atoms with Crippen molar-refractivity contribution in [2.45, 2.75) is 32.8 Å². The van der Waals surface area contributed by atoms with Gasteiger partial charge in [-0.3, -0.25) is 4.79 Å². The van der Waals surface area contributed by atoms with Crippen molar-refractivity contribution in [3.63, 3.8) is 0 Å². The lowest BCUT2D eigenvalue weighted by Gasteiger charge is -2.17. The van der Waals surface area contributed by atoms with Gasteiger partial charge in [0, 0.05) is 31.4 Å². The minimum Gasteiger partial charge on any atom is -0.391 e. The van der Waals surface area contributed by atoms with Gasteiger partial charge >= 0.3 is 0 Å². The number of aliphatic hydroxyl groups is 1. The maximum absolute atomic E-state index is 11.9. The second-order valence-corrected chi connectivity index (χ2v) is 4.71. The second kappa shape index (κ2) is 7.79. The fourth-order valence-corrected chi connectivity index (χ4v) is 1.80. The lowest BCUT2D eigenvalue weighted by molar-refractivity contribution is 0.0910. The Morgan fingerprint density at radius 3 is 2.47 bits per heavy atom. The summed E-state index contributed by atoms with van der Waals surface area (Å²) in [6, 6.07) is 7.48. The first-order valence-electron chi connectivity index (χ1n) is 6.86. The fraction of sp³-hybridized carbons (Fsp3) is 0.533. The molecule has 1 atom stereocenters. The summed E-state index contributed by atoms with van der Waals surface area (Å²) < 4.78 is 0. The number of hydrogen-bond acceptors (Lipinski definition) is 3. The van der Waals surface area contributed by atoms with Gasteiger partial charge in [-0.15, -0.1) is 0 Å². The highest BCUT2D eigenvalue weighted by molar-refractivity contribution is 5.94. The van der Waals surface area contributed by atoms with Crippen LogP contribution in [-0.2, 0) is 0 Å². The van der Waals surface area contributed by atoms with E-state index in [0.717, 1.165) is 18.7 Å². The van der Waals surface area contributed by atoms with Crippen LogP contribution in [0.3, 0.4) is 0 Å². The molecule has 0 radical (unpaired) electrons. The molecule has 0 heterocycles. The summed E-state index contributed by atoms with van der Waals surface area (Å²) in [4.78, 5) is 14.0. The molecule has 0 aliphatic rings. The van der Waals surface area contributed by atoms with E-state index in [-0.39, 0.29) is 5.91 Å². The number of rotatable bonds is 7. The van der Waals surface area contributed by atoms with Crippen LogP contribution in [0.2, 0.25) is 0 Å². The van der Waals surface area contributed by atoms with Gasteiger partial charge in [0.1, 0.15) is 0 Å². The Morgan fingerprint density at radius 2 is 1.95 bits per heavy atom. The van der Waals surface area contributed by atoms with Gasteiger partial charge in [0.2, 0.25) is 0 Å². The van der Waals surface area contributed by atoms with Crippen molar-refractivity contribution < 1.29 is 9.90 Å². The lowest BCUT2D eigenvalue weighted by Crippen LogP contribution is -2.32. The third-order valence-electron chi connectivity index (χ3n) is 3.16. The summed E-state index contributed by atoms with van der Waals surface area (Å²) in [5.41, 5.74) is 1.71. The van der Waals surface area contributed by atoms with E-state index in [1.807, 2.05) is 38.2 Å². The molecule has 0 saturated carbocycles. The number of nitrogens with one attached hydrogen (secondary N) is 1. The van der Waals surface area contributed by atoms with Crippen LogP contribution in [0, 0.1) is 0 Å². The number of aliphatic hydroxyl groups excluding tert-OH is 1. The lowest BCUT2D eigenvalue weighted by atomic mass is 10.1. The van der Waals surface area contributed by atoms with Crippen LogP contribution in [0.5, 0.6) is 0 Å². The second-order valence-electron chi connectivity index (χ2n) is 4.71. The molecule has 0 fully saturated rings. The Morgan fingerprint density at radius 1 is 1.32 bits per heavy atom. The molecule has 1 unspecified atom stereocenters. The molecule has 0 bridgehead atoms. The summed E-state index contributed by atoms with van der Waals surface area (Å²) >= 11 is 0. The van der Waals surface area contributed by atoms with Crippen molar-refractivity contribution in [1.29, 1.82) is 0 Å². The Labute approximate surface area is 115 Å². The Bertz CT molecular complexity index is 390. The summed E-state index contributed by atoms with van der Waals surface area (Å²) in [6.07, 6.45) is 1.16. The number of carbonyl (C=O) groups excluding carboxylic acids is 1. The smallest absolute Gasteiger partial charge is 0.251 e. The topological polar surface area (TPSA) is 52.6 Å². The molecular weight excluding hydrogens is 240 g/mol. The summed E-state index contributed by atoms with van der Waals surface area (Å²) in [5, 5.41) is 12.3. The number of amides is 1. The minimum atomic E-state index is -0.459. The highest BCUT2D eigenvalue weighted by Gasteiger charge is 2.08. The summed E-state index contributed by atoms with van der Waals surface area (Å²) in [6.45, 7) is 5.32. The molecule has 0 spiro atoms. The standard InChI is InChI=1S/C15H24N2O2/c1-4-6-14(18)11-16-15(19)12-7-9-13(10-8-12)17(3)5-2/h7-10,14,18H,4-6,11H2,1-3H3,(H,16,19). The molecule has 0 saturated heterocycles. The van der Waals surface area contributed by atoms with Gasteiger partial charge in [0.15, 0.2) is 0 Å². The van der Waals surface area contributed by atoms with Crippen LogP contribution in [0.25, 0.3) is 0 Å². The number of hydrogen-bond donors (Lipinski definition) is 2. The Hall–Kier alpha value is -1.55. The normalized spacial score (nSPS) is 12.0. The maximum Gasteiger partial charge on any atom is 0.251 e. The van der Waals surface area contributed by atoms with Gasteiger partial charge in [0.25, 0.3) is 5.91 Å². The molecule has 106 valence electrons. The van der Waals surface area contributed by atoms with Crippen molar-refractivity contribution >= 4 is 11.6 Å². The summed E-state index contributed by atoms with van der Waals surface area (Å²) in [7, 11) is 2.01. The zero-order valence-electron chi connectivity index (χ0n) is 12.0. The third-order valence-corrected chi connectivity index (χ3v) is 3.16. The van der Waals surface area contributed by atoms with E-state index < -0.39 is 6.10 Å². The van der Waals surface area contributed by atoms with Crippen LogP contribution in [0.4, 0.5) is 5.69 Å². The fourth-order valence-electron chi connectivity index (χ4n) is 1.80. The molecule has 0 aliphatic carbocycles. The first-order valence-corrected chi connectivity index (χ1v) is 6.86. The van der Waals surface area contributed by atoms with Crippen molar-refractivity contribution in [3.8, 4) is 0 Å². The van der Waals surface area contributed by atoms with Crippen LogP contribution < -0.4 is 10.2 Å². The summed E-state index contributed by atoms with van der Waals surface area (Å²) in [5.74, 6) is -0.138. The molecule has 1 aromatic rings. The average molecular weight is 264 g/mol. The van der Waals surface area contributed by atoms with E-state index in [1.54, 1.807) is 0 Å². The van der Waals surface area contributed by atoms with Gasteiger partial charge in [-0.05, 0) is 37.6 Å². The minimum absolute atomic E-state index is 0.138. The molecule has 1 rings (SSSR count). The molecule has 0 aliphatic heterocycles. The van der Waals surface area contributed by atoms with Gasteiger partial charge in [-0.2, -0.15) is 0 Å². The zero-order chi connectivity index (χ0) is 14.3. The first kappa shape index (κ1) is 15.5. The third kappa shape index (κ3) is 4.91. The van der Waals surface area contributed by atoms with E-state index in [1.165, 1.54) is 0 Å². The maximum atomic E-state index is 11.9.